The van der Waals surface area contributed by atoms with E-state index in [1.807, 2.05) is 29.0 Å². The summed E-state index contributed by atoms with van der Waals surface area (Å²) >= 11 is 0. The van der Waals surface area contributed by atoms with Gasteiger partial charge in [-0.3, -0.25) is 0 Å². The third-order valence-electron chi connectivity index (χ3n) is 6.86. The summed E-state index contributed by atoms with van der Waals surface area (Å²) < 4.78 is 35.9. The molecule has 4 aromatic rings. The first-order valence-corrected chi connectivity index (χ1v) is 12.0. The highest BCUT2D eigenvalue weighted by Crippen LogP contribution is 2.39. The SMILES string of the molecule is [C-]#[N+]Nc1nc2cc(C=C3c4ccc(F)cc4COc4cc(F)ccc43)ccc2n1N1CCN(C)CC1. The number of imidazole rings is 1. The minimum atomic E-state index is -0.397. The number of piperazine rings is 1. The summed E-state index contributed by atoms with van der Waals surface area (Å²) in [5, 5.41) is 2.19. The third kappa shape index (κ3) is 4.26. The highest BCUT2D eigenvalue weighted by atomic mass is 19.1. The van der Waals surface area contributed by atoms with Crippen LogP contribution in [0.15, 0.2) is 54.6 Å². The van der Waals surface area contributed by atoms with Crippen LogP contribution in [-0.2, 0) is 6.61 Å². The van der Waals surface area contributed by atoms with Crippen molar-refractivity contribution in [1.82, 2.24) is 14.6 Å². The van der Waals surface area contributed by atoms with Crippen LogP contribution in [0.2, 0.25) is 0 Å². The Morgan fingerprint density at radius 1 is 0.973 bits per heavy atom. The van der Waals surface area contributed by atoms with Gasteiger partial charge in [0.05, 0.1) is 11.0 Å². The van der Waals surface area contributed by atoms with E-state index < -0.39 is 5.82 Å². The van der Waals surface area contributed by atoms with Gasteiger partial charge in [-0.05, 0) is 66.2 Å². The molecule has 0 atom stereocenters. The minimum absolute atomic E-state index is 0.140. The van der Waals surface area contributed by atoms with Crippen LogP contribution in [0.25, 0.3) is 27.6 Å². The average Bonchev–Trinajstić information content (AvgIpc) is 3.17. The molecule has 0 bridgehead atoms. The monoisotopic (exact) mass is 498 g/mol. The molecule has 1 N–H and O–H groups in total. The molecule has 0 saturated carbocycles. The maximum absolute atomic E-state index is 14.0. The van der Waals surface area contributed by atoms with Gasteiger partial charge in [0, 0.05) is 43.4 Å². The van der Waals surface area contributed by atoms with Crippen LogP contribution in [0, 0.1) is 18.2 Å². The Bertz CT molecular complexity index is 1520. The van der Waals surface area contributed by atoms with Crippen LogP contribution in [0.1, 0.15) is 22.3 Å². The van der Waals surface area contributed by atoms with E-state index in [1.54, 1.807) is 12.1 Å². The minimum Gasteiger partial charge on any atom is -0.488 e. The molecule has 0 aliphatic carbocycles. The lowest BCUT2D eigenvalue weighted by atomic mass is 9.92. The quantitative estimate of drug-likeness (QED) is 0.321. The van der Waals surface area contributed by atoms with E-state index >= 15 is 0 Å². The van der Waals surface area contributed by atoms with Gasteiger partial charge in [0.25, 0.3) is 5.95 Å². The highest BCUT2D eigenvalue weighted by molar-refractivity contribution is 5.96. The molecule has 0 spiro atoms. The summed E-state index contributed by atoms with van der Waals surface area (Å²) in [7, 11) is 2.10. The first kappa shape index (κ1) is 23.0. The van der Waals surface area contributed by atoms with Gasteiger partial charge in [-0.2, -0.15) is 11.5 Å². The topological polar surface area (TPSA) is 49.9 Å². The fourth-order valence-corrected chi connectivity index (χ4v) is 4.98. The summed E-state index contributed by atoms with van der Waals surface area (Å²) in [6.45, 7) is 10.9. The molecule has 9 heteroatoms. The van der Waals surface area contributed by atoms with Crippen molar-refractivity contribution in [2.24, 2.45) is 0 Å². The zero-order valence-electron chi connectivity index (χ0n) is 20.2. The number of anilines is 1. The second-order valence-electron chi connectivity index (χ2n) is 9.26. The first-order chi connectivity index (χ1) is 18.0. The fraction of sp³-hybridized carbons (Fsp3) is 0.214. The molecule has 0 unspecified atom stereocenters. The number of ether oxygens (including phenoxy) is 1. The lowest BCUT2D eigenvalue weighted by molar-refractivity contribution is 0.290. The molecule has 0 amide bonds. The van der Waals surface area contributed by atoms with E-state index in [2.05, 4.69) is 27.3 Å². The molecule has 1 aromatic heterocycles. The summed E-state index contributed by atoms with van der Waals surface area (Å²) in [5.41, 5.74) is 8.25. The molecule has 1 fully saturated rings. The van der Waals surface area contributed by atoms with E-state index in [0.717, 1.165) is 59.5 Å². The molecule has 186 valence electrons. The van der Waals surface area contributed by atoms with Crippen LogP contribution >= 0.6 is 0 Å². The molecule has 3 heterocycles. The van der Waals surface area contributed by atoms with Crippen molar-refractivity contribution in [2.45, 2.75) is 6.61 Å². The van der Waals surface area contributed by atoms with Crippen LogP contribution < -0.4 is 15.2 Å². The standard InChI is InChI=1S/C28H24F2N6O/c1-31-33-28-32-25-14-18(3-8-26(25)36(28)35-11-9-34(2)10-12-35)13-24-22-6-4-20(29)15-19(22)17-37-27-16-21(30)5-7-23(24)27/h3-8,13-16H,9-12,17H2,2H3,(H,32,33). The van der Waals surface area contributed by atoms with Crippen molar-refractivity contribution in [3.8, 4) is 5.75 Å². The molecule has 3 aromatic carbocycles. The Labute approximate surface area is 213 Å². The van der Waals surface area contributed by atoms with Gasteiger partial charge >= 0.3 is 0 Å². The van der Waals surface area contributed by atoms with Crippen LogP contribution in [-0.4, -0.2) is 47.8 Å². The van der Waals surface area contributed by atoms with Crippen molar-refractivity contribution in [3.63, 3.8) is 0 Å². The maximum atomic E-state index is 14.0. The fourth-order valence-electron chi connectivity index (χ4n) is 4.98. The zero-order valence-corrected chi connectivity index (χ0v) is 20.2. The van der Waals surface area contributed by atoms with E-state index in [0.29, 0.717) is 17.3 Å². The van der Waals surface area contributed by atoms with Gasteiger partial charge in [-0.15, -0.1) is 0 Å². The Morgan fingerprint density at radius 3 is 2.51 bits per heavy atom. The number of benzene rings is 3. The Hall–Kier alpha value is -4.42. The molecule has 0 radical (unpaired) electrons. The number of hydrogen-bond donors (Lipinski definition) is 1. The van der Waals surface area contributed by atoms with E-state index in [1.165, 1.54) is 24.3 Å². The van der Waals surface area contributed by atoms with Crippen molar-refractivity contribution < 1.29 is 13.5 Å². The number of halogens is 2. The molecular weight excluding hydrogens is 474 g/mol. The van der Waals surface area contributed by atoms with Gasteiger partial charge in [-0.1, -0.05) is 17.6 Å². The normalized spacial score (nSPS) is 16.6. The Morgan fingerprint density at radius 2 is 1.73 bits per heavy atom. The smallest absolute Gasteiger partial charge is 0.293 e. The van der Waals surface area contributed by atoms with E-state index in [4.69, 9.17) is 16.3 Å². The van der Waals surface area contributed by atoms with Crippen LogP contribution in [0.4, 0.5) is 14.7 Å². The number of likely N-dealkylation sites (N-methyl/N-ethyl adjacent to an activating group) is 1. The van der Waals surface area contributed by atoms with E-state index in [9.17, 15) is 8.78 Å². The number of nitrogens with zero attached hydrogens (tertiary/aromatic N) is 5. The predicted molar refractivity (Wildman–Crippen MR) is 140 cm³/mol. The molecule has 7 nitrogen and oxygen atoms in total. The van der Waals surface area contributed by atoms with Crippen molar-refractivity contribution in [1.29, 1.82) is 0 Å². The molecule has 1 saturated heterocycles. The largest absolute Gasteiger partial charge is 0.488 e. The van der Waals surface area contributed by atoms with E-state index in [-0.39, 0.29) is 12.4 Å². The zero-order chi connectivity index (χ0) is 25.5. The second-order valence-corrected chi connectivity index (χ2v) is 9.26. The Balaban J connectivity index is 1.48. The molecule has 2 aliphatic heterocycles. The number of aromatic nitrogens is 2. The molecule has 6 rings (SSSR count). The van der Waals surface area contributed by atoms with Gasteiger partial charge in [0.2, 0.25) is 0 Å². The number of nitrogens with one attached hydrogen (secondary N) is 1. The molecule has 2 aliphatic rings. The predicted octanol–water partition coefficient (Wildman–Crippen LogP) is 4.93. The van der Waals surface area contributed by atoms with Crippen molar-refractivity contribution >= 4 is 28.6 Å². The van der Waals surface area contributed by atoms with Crippen LogP contribution in [0.5, 0.6) is 5.75 Å². The summed E-state index contributed by atoms with van der Waals surface area (Å²) in [5.74, 6) is 0.135. The number of fused-ring (bicyclic) bond motifs is 3. The highest BCUT2D eigenvalue weighted by Gasteiger charge is 2.23. The van der Waals surface area contributed by atoms with Crippen LogP contribution in [0.3, 0.4) is 0 Å². The molecular formula is C28H24F2N6O. The second kappa shape index (κ2) is 9.22. The van der Waals surface area contributed by atoms with Gasteiger partial charge in [0.1, 0.15) is 24.0 Å². The number of hydrogen-bond acceptors (Lipinski definition) is 5. The number of rotatable bonds is 3. The Kier molecular flexibility index (Phi) is 5.74. The summed E-state index contributed by atoms with van der Waals surface area (Å²) in [6.07, 6.45) is 1.98. The van der Waals surface area contributed by atoms with Gasteiger partial charge in [-0.25, -0.2) is 18.4 Å². The maximum Gasteiger partial charge on any atom is 0.293 e. The molecule has 37 heavy (non-hydrogen) atoms. The lowest BCUT2D eigenvalue weighted by Gasteiger charge is -2.34. The average molecular weight is 499 g/mol. The first-order valence-electron chi connectivity index (χ1n) is 12.0. The summed E-state index contributed by atoms with van der Waals surface area (Å²) in [6, 6.07) is 15.0. The van der Waals surface area contributed by atoms with Crippen molar-refractivity contribution in [3.05, 3.63) is 100 Å². The van der Waals surface area contributed by atoms with Crippen molar-refractivity contribution in [2.75, 3.05) is 43.7 Å². The summed E-state index contributed by atoms with van der Waals surface area (Å²) in [4.78, 5) is 10.3. The van der Waals surface area contributed by atoms with Gasteiger partial charge in [0.15, 0.2) is 0 Å². The van der Waals surface area contributed by atoms with Gasteiger partial charge < -0.3 is 14.6 Å². The lowest BCUT2D eigenvalue weighted by Crippen LogP contribution is -2.49. The third-order valence-corrected chi connectivity index (χ3v) is 6.86.